The monoisotopic (exact) mass is 1370 g/mol. The Hall–Kier alpha value is -2.36. The van der Waals surface area contributed by atoms with E-state index in [1.54, 1.807) is 48.6 Å². The maximum Gasteiger partial charge on any atom is 0.243 e. The Balaban J connectivity index is 2.30. The number of unbranched alkanes of at least 4 members (excludes halogenated alkanes) is 36. The van der Waals surface area contributed by atoms with E-state index in [9.17, 15) is 16.8 Å². The smallest absolute Gasteiger partial charge is 0.243 e. The summed E-state index contributed by atoms with van der Waals surface area (Å²) in [6.07, 6.45) is 59.8. The molecular formula is C72H124Br2N2O8S2. The summed E-state index contributed by atoms with van der Waals surface area (Å²) in [6.45, 7) is 11.3. The largest absolute Gasteiger partial charge is 0.490 e. The Morgan fingerprint density at radius 3 is 0.744 bits per heavy atom. The maximum atomic E-state index is 14.7. The van der Waals surface area contributed by atoms with Gasteiger partial charge in [-0.25, -0.2) is 16.8 Å². The van der Waals surface area contributed by atoms with Gasteiger partial charge in [0.15, 0.2) is 23.0 Å². The zero-order valence-electron chi connectivity index (χ0n) is 55.0. The molecule has 14 heteroatoms. The molecule has 0 aliphatic heterocycles. The molecule has 0 aliphatic carbocycles. The zero-order chi connectivity index (χ0) is 62.3. The minimum absolute atomic E-state index is 0.0217. The van der Waals surface area contributed by atoms with E-state index in [4.69, 9.17) is 18.9 Å². The molecule has 0 spiro atoms. The lowest BCUT2D eigenvalue weighted by Crippen LogP contribution is -2.33. The lowest BCUT2D eigenvalue weighted by atomic mass is 10.1. The predicted molar refractivity (Wildman–Crippen MR) is 375 cm³/mol. The minimum Gasteiger partial charge on any atom is -0.490 e. The van der Waals surface area contributed by atoms with Crippen molar-refractivity contribution in [1.82, 2.24) is 8.61 Å². The summed E-state index contributed by atoms with van der Waals surface area (Å²) >= 11 is 6.91. The van der Waals surface area contributed by atoms with Crippen molar-refractivity contribution >= 4 is 51.9 Å². The first kappa shape index (κ1) is 79.7. The molecule has 0 unspecified atom stereocenters. The Labute approximate surface area is 546 Å². The van der Waals surface area contributed by atoms with E-state index in [0.29, 0.717) is 60.1 Å². The first-order chi connectivity index (χ1) is 42.1. The zero-order valence-corrected chi connectivity index (χ0v) is 59.8. The van der Waals surface area contributed by atoms with Gasteiger partial charge in [-0.2, -0.15) is 8.61 Å². The standard InChI is InChI=1S/C72H124Br2N2O8S2/c1-5-9-13-17-21-25-29-33-37-47-61-81-69-53-51-67(65-71(69)83-63-49-39-35-31-27-23-19-15-11-7-3)85(77,78)75(57-43-41-55-73)59-45-46-60-76(58-44-42-56-74)86(79,80)68-52-54-70(82-62-48-38-34-30-26-22-18-14-10-6-2)72(66-68)84-64-50-40-36-32-28-24-20-16-12-8-4/h41-46,51-54,65-66H,5-40,47-50,55-64H2,1-4H3/b43-41+,44-42+,46-45+. The van der Waals surface area contributed by atoms with Crippen LogP contribution in [0.25, 0.3) is 0 Å². The molecule has 10 nitrogen and oxygen atoms in total. The van der Waals surface area contributed by atoms with Gasteiger partial charge in [0.2, 0.25) is 20.0 Å². The second-order valence-electron chi connectivity index (χ2n) is 23.7. The van der Waals surface area contributed by atoms with Crippen LogP contribution in [-0.2, 0) is 20.0 Å². The van der Waals surface area contributed by atoms with Crippen LogP contribution < -0.4 is 18.9 Å². The molecule has 0 N–H and O–H groups in total. The van der Waals surface area contributed by atoms with E-state index in [-0.39, 0.29) is 36.0 Å². The lowest BCUT2D eigenvalue weighted by Gasteiger charge is -2.22. The quantitative estimate of drug-likeness (QED) is 0.0366. The number of ether oxygens (including phenoxy) is 4. The fourth-order valence-corrected chi connectivity index (χ4v) is 13.8. The van der Waals surface area contributed by atoms with E-state index in [1.807, 2.05) is 24.3 Å². The highest BCUT2D eigenvalue weighted by Crippen LogP contribution is 2.34. The number of benzene rings is 2. The van der Waals surface area contributed by atoms with Crippen LogP contribution in [0, 0.1) is 0 Å². The van der Waals surface area contributed by atoms with E-state index in [2.05, 4.69) is 59.6 Å². The van der Waals surface area contributed by atoms with Crippen molar-refractivity contribution < 1.29 is 35.8 Å². The van der Waals surface area contributed by atoms with Gasteiger partial charge in [0, 0.05) is 49.0 Å². The molecule has 496 valence electrons. The van der Waals surface area contributed by atoms with Crippen LogP contribution in [0.15, 0.2) is 82.6 Å². The molecule has 0 saturated carbocycles. The Morgan fingerprint density at radius 1 is 0.302 bits per heavy atom. The van der Waals surface area contributed by atoms with Gasteiger partial charge in [-0.1, -0.05) is 327 Å². The fraction of sp³-hybridized carbons (Fsp3) is 0.750. The number of nitrogens with zero attached hydrogens (tertiary/aromatic N) is 2. The van der Waals surface area contributed by atoms with Crippen LogP contribution in [0.4, 0.5) is 0 Å². The molecule has 0 radical (unpaired) electrons. The van der Waals surface area contributed by atoms with Crippen LogP contribution >= 0.6 is 31.9 Å². The summed E-state index contributed by atoms with van der Waals surface area (Å²) in [4.78, 5) is 0.238. The average molecular weight is 1370 g/mol. The van der Waals surface area contributed by atoms with Crippen molar-refractivity contribution in [2.75, 3.05) is 63.3 Å². The van der Waals surface area contributed by atoms with Gasteiger partial charge < -0.3 is 18.9 Å². The van der Waals surface area contributed by atoms with Crippen LogP contribution in [0.2, 0.25) is 0 Å². The van der Waals surface area contributed by atoms with Gasteiger partial charge in [-0.3, -0.25) is 0 Å². The summed E-state index contributed by atoms with van der Waals surface area (Å²) in [5.41, 5.74) is 0. The second kappa shape index (κ2) is 55.5. The number of sulfonamides is 2. The Morgan fingerprint density at radius 2 is 0.512 bits per heavy atom. The molecule has 0 saturated heterocycles. The van der Waals surface area contributed by atoms with Crippen molar-refractivity contribution in [3.05, 3.63) is 72.9 Å². The normalized spacial score (nSPS) is 12.3. The number of allylic oxidation sites excluding steroid dienone is 2. The van der Waals surface area contributed by atoms with Crippen LogP contribution in [-0.4, -0.2) is 88.7 Å². The summed E-state index contributed by atoms with van der Waals surface area (Å²) in [5, 5.41) is 1.15. The van der Waals surface area contributed by atoms with Gasteiger partial charge in [0.1, 0.15) is 0 Å². The number of alkyl halides is 2. The molecule has 0 heterocycles. The van der Waals surface area contributed by atoms with Crippen molar-refractivity contribution in [3.8, 4) is 23.0 Å². The number of rotatable bonds is 62. The van der Waals surface area contributed by atoms with Gasteiger partial charge in [0.05, 0.1) is 36.2 Å². The van der Waals surface area contributed by atoms with E-state index in [1.165, 1.54) is 201 Å². The third kappa shape index (κ3) is 39.0. The fourth-order valence-electron chi connectivity index (χ4n) is 10.6. The van der Waals surface area contributed by atoms with Gasteiger partial charge >= 0.3 is 0 Å². The molecular weight excluding hydrogens is 1240 g/mol. The Bertz CT molecular complexity index is 2070. The van der Waals surface area contributed by atoms with Gasteiger partial charge in [0.25, 0.3) is 0 Å². The van der Waals surface area contributed by atoms with Crippen molar-refractivity contribution in [1.29, 1.82) is 0 Å². The van der Waals surface area contributed by atoms with Crippen molar-refractivity contribution in [3.63, 3.8) is 0 Å². The third-order valence-electron chi connectivity index (χ3n) is 16.0. The molecule has 0 fully saturated rings. The minimum atomic E-state index is -4.05. The van der Waals surface area contributed by atoms with Crippen LogP contribution in [0.5, 0.6) is 23.0 Å². The SMILES string of the molecule is CCCCCCCCCCCCOc1ccc(S(=O)(=O)N(C/C=C/CBr)C/C=C/CN(C/C=C/CBr)S(=O)(=O)c2ccc(OCCCCCCCCCCCC)c(OCCCCCCCCCCCC)c2)cc1OCCCCCCCCCCCC. The van der Waals surface area contributed by atoms with Crippen LogP contribution in [0.3, 0.4) is 0 Å². The number of halogens is 2. The average Bonchev–Trinajstić information content (AvgIpc) is 1.36. The first-order valence-electron chi connectivity index (χ1n) is 35.0. The number of hydrogen-bond donors (Lipinski definition) is 0. The molecule has 0 aliphatic rings. The molecule has 86 heavy (non-hydrogen) atoms. The highest BCUT2D eigenvalue weighted by atomic mass is 79.9. The number of hydrogen-bond acceptors (Lipinski definition) is 8. The molecule has 2 aromatic carbocycles. The molecule has 0 bridgehead atoms. The topological polar surface area (TPSA) is 112 Å². The van der Waals surface area contributed by atoms with Crippen molar-refractivity contribution in [2.24, 2.45) is 0 Å². The Kier molecular flexibility index (Phi) is 51.4. The molecule has 0 atom stereocenters. The third-order valence-corrected chi connectivity index (χ3v) is 20.4. The predicted octanol–water partition coefficient (Wildman–Crippen LogP) is 22.0. The second-order valence-corrected chi connectivity index (χ2v) is 28.9. The molecule has 0 aromatic heterocycles. The van der Waals surface area contributed by atoms with E-state index < -0.39 is 20.0 Å². The van der Waals surface area contributed by atoms with Gasteiger partial charge in [-0.15, -0.1) is 0 Å². The highest BCUT2D eigenvalue weighted by Gasteiger charge is 2.27. The van der Waals surface area contributed by atoms with E-state index >= 15 is 0 Å². The summed E-state index contributed by atoms with van der Waals surface area (Å²) in [5.74, 6) is 2.01. The van der Waals surface area contributed by atoms with E-state index in [0.717, 1.165) is 64.2 Å². The maximum absolute atomic E-state index is 14.7. The highest BCUT2D eigenvalue weighted by molar-refractivity contribution is 9.09. The molecule has 2 aromatic rings. The molecule has 2 rings (SSSR count). The first-order valence-corrected chi connectivity index (χ1v) is 40.1. The summed E-state index contributed by atoms with van der Waals surface area (Å²) in [6, 6.07) is 9.98. The van der Waals surface area contributed by atoms with Crippen LogP contribution in [0.1, 0.15) is 285 Å². The molecule has 0 amide bonds. The summed E-state index contributed by atoms with van der Waals surface area (Å²) in [7, 11) is -8.10. The lowest BCUT2D eigenvalue weighted by molar-refractivity contribution is 0.257. The van der Waals surface area contributed by atoms with Crippen molar-refractivity contribution in [2.45, 2.75) is 294 Å². The summed E-state index contributed by atoms with van der Waals surface area (Å²) < 4.78 is 87.0. The van der Waals surface area contributed by atoms with Gasteiger partial charge in [-0.05, 0) is 49.9 Å².